The zero-order valence-electron chi connectivity index (χ0n) is 9.38. The fourth-order valence-corrected chi connectivity index (χ4v) is 2.82. The Hall–Kier alpha value is -0.890. The van der Waals surface area contributed by atoms with Gasteiger partial charge in [0, 0.05) is 10.7 Å². The number of fused-ring (bicyclic) bond motifs is 1. The van der Waals surface area contributed by atoms with Crippen molar-refractivity contribution in [1.82, 2.24) is 0 Å². The lowest BCUT2D eigenvalue weighted by Gasteiger charge is -2.11. The fourth-order valence-electron chi connectivity index (χ4n) is 2.27. The Morgan fingerprint density at radius 1 is 1.00 bits per heavy atom. The van der Waals surface area contributed by atoms with Gasteiger partial charge in [-0.15, -0.1) is 0 Å². The Bertz CT molecular complexity index is 579. The summed E-state index contributed by atoms with van der Waals surface area (Å²) < 4.78 is 0. The first-order chi connectivity index (χ1) is 8.63. The van der Waals surface area contributed by atoms with Gasteiger partial charge in [-0.25, -0.2) is 0 Å². The largest absolute Gasteiger partial charge is 0.378 e. The molecular formula is C14H10Cl3N. The van der Waals surface area contributed by atoms with Gasteiger partial charge in [0.05, 0.1) is 16.1 Å². The molecule has 0 radical (unpaired) electrons. The van der Waals surface area contributed by atoms with Crippen molar-refractivity contribution in [3.05, 3.63) is 62.6 Å². The van der Waals surface area contributed by atoms with Crippen LogP contribution in [0.4, 0.5) is 5.69 Å². The summed E-state index contributed by atoms with van der Waals surface area (Å²) in [4.78, 5) is 0. The van der Waals surface area contributed by atoms with Gasteiger partial charge < -0.3 is 5.32 Å². The zero-order chi connectivity index (χ0) is 12.7. The second-order valence-corrected chi connectivity index (χ2v) is 5.63. The summed E-state index contributed by atoms with van der Waals surface area (Å²) >= 11 is 18.1. The third-order valence-electron chi connectivity index (χ3n) is 3.15. The molecule has 0 saturated heterocycles. The Labute approximate surface area is 121 Å². The molecule has 0 aromatic heterocycles. The maximum absolute atomic E-state index is 6.03. The van der Waals surface area contributed by atoms with Gasteiger partial charge in [-0.3, -0.25) is 0 Å². The quantitative estimate of drug-likeness (QED) is 0.747. The Morgan fingerprint density at radius 2 is 1.78 bits per heavy atom. The maximum atomic E-state index is 6.03. The second kappa shape index (κ2) is 4.65. The van der Waals surface area contributed by atoms with E-state index >= 15 is 0 Å². The molecule has 18 heavy (non-hydrogen) atoms. The molecule has 0 fully saturated rings. The predicted molar refractivity (Wildman–Crippen MR) is 78.0 cm³/mol. The highest BCUT2D eigenvalue weighted by molar-refractivity contribution is 6.42. The van der Waals surface area contributed by atoms with Crippen molar-refractivity contribution < 1.29 is 0 Å². The van der Waals surface area contributed by atoms with Crippen molar-refractivity contribution in [2.24, 2.45) is 0 Å². The Morgan fingerprint density at radius 3 is 2.56 bits per heavy atom. The molecule has 4 heteroatoms. The summed E-state index contributed by atoms with van der Waals surface area (Å²) in [7, 11) is 0. The minimum absolute atomic E-state index is 0.230. The molecule has 1 N–H and O–H groups in total. The van der Waals surface area contributed by atoms with Crippen molar-refractivity contribution >= 4 is 40.5 Å². The lowest BCUT2D eigenvalue weighted by molar-refractivity contribution is 0.824. The van der Waals surface area contributed by atoms with E-state index in [1.165, 1.54) is 11.1 Å². The highest BCUT2D eigenvalue weighted by atomic mass is 35.5. The van der Waals surface area contributed by atoms with E-state index in [1.54, 1.807) is 0 Å². The monoisotopic (exact) mass is 297 g/mol. The summed E-state index contributed by atoms with van der Waals surface area (Å²) in [5.74, 6) is 0. The molecule has 1 atom stereocenters. The number of hydrogen-bond acceptors (Lipinski definition) is 1. The third kappa shape index (κ3) is 2.18. The van der Waals surface area contributed by atoms with Crippen LogP contribution < -0.4 is 5.32 Å². The number of rotatable bonds is 1. The highest BCUT2D eigenvalue weighted by Gasteiger charge is 2.23. The van der Waals surface area contributed by atoms with Crippen molar-refractivity contribution in [3.8, 4) is 0 Å². The van der Waals surface area contributed by atoms with E-state index in [0.717, 1.165) is 17.1 Å². The van der Waals surface area contributed by atoms with E-state index in [1.807, 2.05) is 30.3 Å². The van der Waals surface area contributed by atoms with Crippen LogP contribution in [0.25, 0.3) is 0 Å². The van der Waals surface area contributed by atoms with Crippen molar-refractivity contribution in [3.63, 3.8) is 0 Å². The zero-order valence-corrected chi connectivity index (χ0v) is 11.7. The molecule has 1 nitrogen and oxygen atoms in total. The molecule has 2 aromatic carbocycles. The normalized spacial score (nSPS) is 17.4. The van der Waals surface area contributed by atoms with Gasteiger partial charge in [0.2, 0.25) is 0 Å². The number of hydrogen-bond donors (Lipinski definition) is 1. The van der Waals surface area contributed by atoms with Gasteiger partial charge in [0.25, 0.3) is 0 Å². The van der Waals surface area contributed by atoms with Gasteiger partial charge in [0.1, 0.15) is 0 Å². The Balaban J connectivity index is 1.93. The molecule has 1 heterocycles. The van der Waals surface area contributed by atoms with Crippen LogP contribution in [0.2, 0.25) is 15.1 Å². The Kier molecular flexibility index (Phi) is 3.14. The van der Waals surface area contributed by atoms with Gasteiger partial charge in [0.15, 0.2) is 0 Å². The SMILES string of the molecule is Clc1cccc(C2Cc3cc(Cl)c(Cl)cc3N2)c1. The molecule has 0 aliphatic carbocycles. The molecule has 1 aliphatic rings. The molecule has 0 bridgehead atoms. The van der Waals surface area contributed by atoms with Crippen LogP contribution in [-0.4, -0.2) is 0 Å². The lowest BCUT2D eigenvalue weighted by Crippen LogP contribution is -2.05. The van der Waals surface area contributed by atoms with Crippen LogP contribution in [-0.2, 0) is 6.42 Å². The van der Waals surface area contributed by atoms with Gasteiger partial charge in [-0.2, -0.15) is 0 Å². The smallest absolute Gasteiger partial charge is 0.0613 e. The van der Waals surface area contributed by atoms with E-state index in [4.69, 9.17) is 34.8 Å². The fraction of sp³-hybridized carbons (Fsp3) is 0.143. The van der Waals surface area contributed by atoms with Crippen LogP contribution >= 0.6 is 34.8 Å². The van der Waals surface area contributed by atoms with Crippen LogP contribution in [0.5, 0.6) is 0 Å². The van der Waals surface area contributed by atoms with Crippen LogP contribution in [0.15, 0.2) is 36.4 Å². The van der Waals surface area contributed by atoms with Gasteiger partial charge in [-0.1, -0.05) is 46.9 Å². The number of anilines is 1. The molecule has 0 spiro atoms. The average Bonchev–Trinajstić information content (AvgIpc) is 2.73. The number of benzene rings is 2. The third-order valence-corrected chi connectivity index (χ3v) is 4.11. The van der Waals surface area contributed by atoms with E-state index < -0.39 is 0 Å². The first-order valence-corrected chi connectivity index (χ1v) is 6.77. The van der Waals surface area contributed by atoms with E-state index in [-0.39, 0.29) is 6.04 Å². The van der Waals surface area contributed by atoms with Crippen LogP contribution in [0.1, 0.15) is 17.2 Å². The summed E-state index contributed by atoms with van der Waals surface area (Å²) in [6.45, 7) is 0. The summed E-state index contributed by atoms with van der Waals surface area (Å²) in [6.07, 6.45) is 0.895. The molecule has 1 aliphatic heterocycles. The van der Waals surface area contributed by atoms with E-state index in [2.05, 4.69) is 11.4 Å². The van der Waals surface area contributed by atoms with Crippen LogP contribution in [0, 0.1) is 0 Å². The van der Waals surface area contributed by atoms with Gasteiger partial charge >= 0.3 is 0 Å². The second-order valence-electron chi connectivity index (χ2n) is 4.38. The molecule has 0 saturated carbocycles. The first kappa shape index (κ1) is 12.2. The maximum Gasteiger partial charge on any atom is 0.0613 e. The molecule has 92 valence electrons. The summed E-state index contributed by atoms with van der Waals surface area (Å²) in [5.41, 5.74) is 3.41. The minimum Gasteiger partial charge on any atom is -0.378 e. The number of nitrogens with one attached hydrogen (secondary N) is 1. The van der Waals surface area contributed by atoms with E-state index in [9.17, 15) is 0 Å². The predicted octanol–water partition coefficient (Wildman–Crippen LogP) is 5.36. The minimum atomic E-state index is 0.230. The van der Waals surface area contributed by atoms with Gasteiger partial charge in [-0.05, 0) is 41.8 Å². The molecule has 3 rings (SSSR count). The first-order valence-electron chi connectivity index (χ1n) is 5.63. The van der Waals surface area contributed by atoms with Crippen molar-refractivity contribution in [2.75, 3.05) is 5.32 Å². The lowest BCUT2D eigenvalue weighted by atomic mass is 10.0. The van der Waals surface area contributed by atoms with Crippen molar-refractivity contribution in [2.45, 2.75) is 12.5 Å². The molecule has 1 unspecified atom stereocenters. The van der Waals surface area contributed by atoms with Crippen LogP contribution in [0.3, 0.4) is 0 Å². The summed E-state index contributed by atoms with van der Waals surface area (Å²) in [5, 5.41) is 5.37. The number of halogens is 3. The molecule has 2 aromatic rings. The van der Waals surface area contributed by atoms with Crippen molar-refractivity contribution in [1.29, 1.82) is 0 Å². The van der Waals surface area contributed by atoms with E-state index in [0.29, 0.717) is 10.0 Å². The molecular weight excluding hydrogens is 289 g/mol. The average molecular weight is 299 g/mol. The highest BCUT2D eigenvalue weighted by Crippen LogP contribution is 2.39. The molecule has 0 amide bonds. The topological polar surface area (TPSA) is 12.0 Å². The summed E-state index contributed by atoms with van der Waals surface area (Å²) in [6, 6.07) is 11.9. The standard InChI is InChI=1S/C14H10Cl3N/c15-10-3-1-2-8(4-10)13-6-9-5-11(16)12(17)7-14(9)18-13/h1-5,7,13,18H,6H2.